The van der Waals surface area contributed by atoms with E-state index in [1.807, 2.05) is 0 Å². The molecule has 1 heterocycles. The molecular formula is C24H25N3O9S. The number of amides is 2. The van der Waals surface area contributed by atoms with Crippen LogP contribution in [0.4, 0.5) is 5.69 Å². The highest BCUT2D eigenvalue weighted by molar-refractivity contribution is 7.99. The maximum atomic E-state index is 13.0. The van der Waals surface area contributed by atoms with Gasteiger partial charge in [0, 0.05) is 19.2 Å². The van der Waals surface area contributed by atoms with Crippen LogP contribution in [0.2, 0.25) is 0 Å². The quantitative estimate of drug-likeness (QED) is 0.0793. The number of nitrogens with one attached hydrogen (secondary N) is 1. The molecule has 12 nitrogen and oxygen atoms in total. The van der Waals surface area contributed by atoms with E-state index in [9.17, 15) is 29.6 Å². The van der Waals surface area contributed by atoms with Gasteiger partial charge in [-0.2, -0.15) is 0 Å². The van der Waals surface area contributed by atoms with E-state index >= 15 is 0 Å². The van der Waals surface area contributed by atoms with Gasteiger partial charge in [0.2, 0.25) is 0 Å². The summed E-state index contributed by atoms with van der Waals surface area (Å²) < 4.78 is 15.7. The lowest BCUT2D eigenvalue weighted by Crippen LogP contribution is -2.70. The zero-order valence-electron chi connectivity index (χ0n) is 20.0. The molecule has 2 amide bonds. The van der Waals surface area contributed by atoms with Crippen LogP contribution < -0.4 is 10.1 Å². The van der Waals surface area contributed by atoms with Crippen molar-refractivity contribution < 1.29 is 38.6 Å². The summed E-state index contributed by atoms with van der Waals surface area (Å²) >= 11 is 1.13. The fourth-order valence-electron chi connectivity index (χ4n) is 3.38. The van der Waals surface area contributed by atoms with E-state index in [1.165, 1.54) is 38.3 Å². The van der Waals surface area contributed by atoms with Gasteiger partial charge in [-0.3, -0.25) is 24.6 Å². The number of β-lactam (4-membered cyclic amide) rings is 1. The Morgan fingerprint density at radius 2 is 1.84 bits per heavy atom. The second-order valence-electron chi connectivity index (χ2n) is 7.75. The van der Waals surface area contributed by atoms with Crippen LogP contribution in [-0.2, 0) is 30.5 Å². The van der Waals surface area contributed by atoms with Crippen LogP contribution in [-0.4, -0.2) is 63.8 Å². The highest BCUT2D eigenvalue weighted by Crippen LogP contribution is 2.35. The Hall–Kier alpha value is -4.10. The van der Waals surface area contributed by atoms with Gasteiger partial charge in [0.05, 0.1) is 10.9 Å². The molecule has 0 saturated carbocycles. The van der Waals surface area contributed by atoms with Crippen molar-refractivity contribution in [3.8, 4) is 5.75 Å². The Morgan fingerprint density at radius 1 is 1.16 bits per heavy atom. The van der Waals surface area contributed by atoms with E-state index in [0.717, 1.165) is 16.7 Å². The average Bonchev–Trinajstić information content (AvgIpc) is 2.89. The molecule has 0 spiro atoms. The van der Waals surface area contributed by atoms with Gasteiger partial charge in [0.1, 0.15) is 29.5 Å². The number of benzene rings is 2. The molecule has 2 aromatic rings. The molecule has 1 fully saturated rings. The predicted molar refractivity (Wildman–Crippen MR) is 132 cm³/mol. The van der Waals surface area contributed by atoms with Crippen molar-refractivity contribution in [3.63, 3.8) is 0 Å². The first-order valence-electron chi connectivity index (χ1n) is 10.9. The van der Waals surface area contributed by atoms with Crippen LogP contribution in [0, 0.1) is 10.1 Å². The molecule has 0 bridgehead atoms. The molecular weight excluding hydrogens is 506 g/mol. The number of likely N-dealkylation sites (tertiary alicyclic amines) is 1. The molecule has 2 N–H and O–H groups in total. The lowest BCUT2D eigenvalue weighted by molar-refractivity contribution is -0.384. The van der Waals surface area contributed by atoms with Crippen molar-refractivity contribution in [1.82, 2.24) is 10.2 Å². The summed E-state index contributed by atoms with van der Waals surface area (Å²) in [6, 6.07) is 13.1. The zero-order valence-corrected chi connectivity index (χ0v) is 20.8. The first-order chi connectivity index (χ1) is 17.7. The van der Waals surface area contributed by atoms with Crippen LogP contribution in [0.25, 0.3) is 0 Å². The van der Waals surface area contributed by atoms with E-state index in [-0.39, 0.29) is 30.5 Å². The van der Waals surface area contributed by atoms with Crippen molar-refractivity contribution >= 4 is 35.2 Å². The van der Waals surface area contributed by atoms with Crippen LogP contribution in [0.1, 0.15) is 12.5 Å². The van der Waals surface area contributed by atoms with Crippen LogP contribution in [0.5, 0.6) is 5.75 Å². The monoisotopic (exact) mass is 531 g/mol. The standard InChI is InChI=1S/C24H25N3O9S/c1-15(28)21(24(31)36-12-16-8-10-17(11-9-16)27(32)33)26-22(30)20(23(26)37-14-34-2)25-19(29)13-35-18-6-4-3-5-7-18/h3-11,20,23,28H,12-14H2,1-2H3,(H,25,29). The highest BCUT2D eigenvalue weighted by Gasteiger charge is 2.52. The van der Waals surface area contributed by atoms with Gasteiger partial charge in [0.15, 0.2) is 12.3 Å². The van der Waals surface area contributed by atoms with E-state index in [0.29, 0.717) is 11.3 Å². The number of non-ortho nitro benzene ring substituents is 1. The molecule has 196 valence electrons. The lowest BCUT2D eigenvalue weighted by Gasteiger charge is -2.46. The third-order valence-electron chi connectivity index (χ3n) is 5.12. The van der Waals surface area contributed by atoms with E-state index in [4.69, 9.17) is 14.2 Å². The Kier molecular flexibility index (Phi) is 9.46. The molecule has 0 radical (unpaired) electrons. The molecule has 1 aliphatic rings. The Bertz CT molecular complexity index is 1170. The second kappa shape index (κ2) is 12.7. The highest BCUT2D eigenvalue weighted by atomic mass is 32.2. The second-order valence-corrected chi connectivity index (χ2v) is 8.80. The molecule has 0 aromatic heterocycles. The number of carbonyl (C=O) groups is 3. The number of aliphatic hydroxyl groups excluding tert-OH is 1. The van der Waals surface area contributed by atoms with Gasteiger partial charge < -0.3 is 24.6 Å². The number of ether oxygens (including phenoxy) is 3. The maximum Gasteiger partial charge on any atom is 0.358 e. The Labute approximate surface area is 216 Å². The number of para-hydroxylation sites is 1. The molecule has 3 rings (SSSR count). The van der Waals surface area contributed by atoms with Crippen LogP contribution >= 0.6 is 11.8 Å². The lowest BCUT2D eigenvalue weighted by atomic mass is 10.1. The van der Waals surface area contributed by atoms with Gasteiger partial charge in [-0.1, -0.05) is 18.2 Å². The van der Waals surface area contributed by atoms with Gasteiger partial charge in [-0.05, 0) is 36.8 Å². The molecule has 1 aliphatic heterocycles. The van der Waals surface area contributed by atoms with Gasteiger partial charge >= 0.3 is 5.97 Å². The first-order valence-corrected chi connectivity index (χ1v) is 12.0. The number of thioether (sulfide) groups is 1. The Balaban J connectivity index is 1.66. The average molecular weight is 532 g/mol. The molecule has 2 aromatic carbocycles. The summed E-state index contributed by atoms with van der Waals surface area (Å²) in [6.07, 6.45) is 0. The van der Waals surface area contributed by atoms with E-state index in [2.05, 4.69) is 5.32 Å². The zero-order chi connectivity index (χ0) is 26.9. The maximum absolute atomic E-state index is 13.0. The van der Waals surface area contributed by atoms with Crippen molar-refractivity contribution in [2.45, 2.75) is 24.9 Å². The molecule has 13 heteroatoms. The number of nitro groups is 1. The summed E-state index contributed by atoms with van der Waals surface area (Å²) in [5.41, 5.74) is -0.0300. The number of nitrogens with zero attached hydrogens (tertiary/aromatic N) is 2. The van der Waals surface area contributed by atoms with Crippen LogP contribution in [0.3, 0.4) is 0 Å². The number of allylic oxidation sites excluding steroid dienone is 1. The van der Waals surface area contributed by atoms with Crippen molar-refractivity contribution in [1.29, 1.82) is 0 Å². The summed E-state index contributed by atoms with van der Waals surface area (Å²) in [6.45, 7) is 0.657. The number of methoxy groups -OCH3 is 1. The van der Waals surface area contributed by atoms with Gasteiger partial charge in [-0.25, -0.2) is 4.79 Å². The minimum absolute atomic E-state index is 0.117. The topological polar surface area (TPSA) is 158 Å². The third-order valence-corrected chi connectivity index (χ3v) is 6.32. The number of hydrogen-bond donors (Lipinski definition) is 2. The van der Waals surface area contributed by atoms with Crippen molar-refractivity contribution in [3.05, 3.63) is 81.7 Å². The molecule has 2 unspecified atom stereocenters. The van der Waals surface area contributed by atoms with Gasteiger partial charge in [-0.15, -0.1) is 11.8 Å². The summed E-state index contributed by atoms with van der Waals surface area (Å²) in [7, 11) is 1.45. The minimum atomic E-state index is -0.996. The first kappa shape index (κ1) is 27.5. The number of carbonyl (C=O) groups excluding carboxylic acids is 3. The molecule has 37 heavy (non-hydrogen) atoms. The van der Waals surface area contributed by atoms with Gasteiger partial charge in [0.25, 0.3) is 17.5 Å². The minimum Gasteiger partial charge on any atom is -0.510 e. The fourth-order valence-corrected chi connectivity index (χ4v) is 4.39. The predicted octanol–water partition coefficient (Wildman–Crippen LogP) is 2.50. The number of esters is 1. The van der Waals surface area contributed by atoms with Crippen molar-refractivity contribution in [2.75, 3.05) is 19.7 Å². The van der Waals surface area contributed by atoms with E-state index in [1.54, 1.807) is 30.3 Å². The number of hydrogen-bond acceptors (Lipinski definition) is 10. The fraction of sp³-hybridized carbons (Fsp3) is 0.292. The van der Waals surface area contributed by atoms with E-state index < -0.39 is 39.9 Å². The number of rotatable bonds is 12. The summed E-state index contributed by atoms with van der Waals surface area (Å²) in [5.74, 6) is -1.98. The molecule has 2 atom stereocenters. The summed E-state index contributed by atoms with van der Waals surface area (Å²) in [4.78, 5) is 49.5. The third kappa shape index (κ3) is 6.98. The largest absolute Gasteiger partial charge is 0.510 e. The van der Waals surface area contributed by atoms with Crippen molar-refractivity contribution in [2.24, 2.45) is 0 Å². The normalized spacial score (nSPS) is 17.4. The number of aliphatic hydroxyl groups is 1. The van der Waals surface area contributed by atoms with Crippen LogP contribution in [0.15, 0.2) is 66.1 Å². The molecule has 0 aliphatic carbocycles. The SMILES string of the molecule is COCSC1C(NC(=O)COc2ccccc2)C(=O)N1C(C(=O)OCc1ccc([N+](=O)[O-])cc1)=C(C)O. The smallest absolute Gasteiger partial charge is 0.358 e. The number of nitro benzene ring substituents is 1. The summed E-state index contributed by atoms with van der Waals surface area (Å²) in [5, 5.41) is 22.8. The Morgan fingerprint density at radius 3 is 2.43 bits per heavy atom. The molecule has 1 saturated heterocycles.